The van der Waals surface area contributed by atoms with E-state index in [4.69, 9.17) is 14.7 Å². The van der Waals surface area contributed by atoms with Crippen LogP contribution < -0.4 is 10.7 Å². The molecule has 4 aromatic rings. The third-order valence-electron chi connectivity index (χ3n) is 14.3. The van der Waals surface area contributed by atoms with Crippen molar-refractivity contribution in [2.75, 3.05) is 53.4 Å². The molecule has 0 radical (unpaired) electrons. The van der Waals surface area contributed by atoms with Crippen molar-refractivity contribution in [3.8, 4) is 22.5 Å². The molecule has 1 aliphatic carbocycles. The topological polar surface area (TPSA) is 145 Å². The van der Waals surface area contributed by atoms with Crippen LogP contribution in [0.1, 0.15) is 102 Å². The number of piperidine rings is 1. The number of nitrogens with one attached hydrogen (secondary N) is 2. The Morgan fingerprint density at radius 2 is 1.86 bits per heavy atom. The van der Waals surface area contributed by atoms with Crippen molar-refractivity contribution in [2.45, 2.75) is 117 Å². The maximum absolute atomic E-state index is 14.2. The molecule has 3 fully saturated rings. The van der Waals surface area contributed by atoms with Gasteiger partial charge in [0.05, 0.1) is 34.3 Å². The van der Waals surface area contributed by atoms with E-state index in [9.17, 15) is 19.5 Å². The summed E-state index contributed by atoms with van der Waals surface area (Å²) in [4.78, 5) is 56.5. The minimum absolute atomic E-state index is 0.114. The lowest BCUT2D eigenvalue weighted by molar-refractivity contribution is -0.155. The van der Waals surface area contributed by atoms with E-state index in [0.717, 1.165) is 81.4 Å². The second kappa shape index (κ2) is 18.0. The molecular formula is C49H68N8O5S. The van der Waals surface area contributed by atoms with Crippen LogP contribution in [0.3, 0.4) is 0 Å². The van der Waals surface area contributed by atoms with Crippen LogP contribution >= 0.6 is 11.3 Å². The molecule has 1 unspecified atom stereocenters. The van der Waals surface area contributed by atoms with E-state index < -0.39 is 29.1 Å². The molecule has 1 aromatic carbocycles. The number of hydrogen-bond acceptors (Lipinski definition) is 11. The Morgan fingerprint density at radius 1 is 1.11 bits per heavy atom. The van der Waals surface area contributed by atoms with E-state index in [0.29, 0.717) is 45.2 Å². The first-order valence-corrected chi connectivity index (χ1v) is 24.1. The number of hydrazine groups is 1. The number of aromatic nitrogens is 3. The highest BCUT2D eigenvalue weighted by Crippen LogP contribution is 2.46. The Balaban J connectivity index is 1.22. The van der Waals surface area contributed by atoms with E-state index in [1.165, 1.54) is 16.3 Å². The van der Waals surface area contributed by atoms with Gasteiger partial charge in [-0.25, -0.2) is 10.4 Å². The molecule has 6 bridgehead atoms. The first kappa shape index (κ1) is 45.4. The molecule has 63 heavy (non-hydrogen) atoms. The predicted molar refractivity (Wildman–Crippen MR) is 248 cm³/mol. The fraction of sp³-hybridized carbons (Fsp3) is 0.612. The van der Waals surface area contributed by atoms with E-state index in [2.05, 4.69) is 112 Å². The summed E-state index contributed by atoms with van der Waals surface area (Å²) in [6, 6.07) is 7.20. The molecule has 6 heterocycles. The molecule has 8 rings (SSSR count). The van der Waals surface area contributed by atoms with E-state index >= 15 is 0 Å². The fourth-order valence-corrected chi connectivity index (χ4v) is 10.9. The lowest BCUT2D eigenvalue weighted by atomic mass is 9.81. The first-order chi connectivity index (χ1) is 30.0. The molecule has 2 saturated heterocycles. The minimum atomic E-state index is -0.995. The van der Waals surface area contributed by atoms with Crippen LogP contribution in [0.5, 0.6) is 0 Å². The third-order valence-corrected chi connectivity index (χ3v) is 15.1. The van der Waals surface area contributed by atoms with Gasteiger partial charge in [0.2, 0.25) is 5.91 Å². The van der Waals surface area contributed by atoms with E-state index in [-0.39, 0.29) is 48.5 Å². The highest BCUT2D eigenvalue weighted by Gasteiger charge is 2.49. The quantitative estimate of drug-likeness (QED) is 0.163. The van der Waals surface area contributed by atoms with Crippen LogP contribution in [-0.4, -0.2) is 118 Å². The molecule has 3 N–H and O–H groups in total. The second-order valence-corrected chi connectivity index (χ2v) is 21.1. The van der Waals surface area contributed by atoms with Crippen LogP contribution in [0.4, 0.5) is 0 Å². The van der Waals surface area contributed by atoms with E-state index in [1.54, 1.807) is 0 Å². The van der Waals surface area contributed by atoms with Crippen molar-refractivity contribution < 1.29 is 24.2 Å². The largest absolute Gasteiger partial charge is 0.464 e. The number of ether oxygens (including phenoxy) is 1. The number of nitrogens with zero attached hydrogens (tertiary/aromatic N) is 6. The van der Waals surface area contributed by atoms with Gasteiger partial charge >= 0.3 is 5.97 Å². The van der Waals surface area contributed by atoms with Gasteiger partial charge in [-0.3, -0.25) is 24.4 Å². The number of rotatable bonds is 9. The smallest absolute Gasteiger partial charge is 0.324 e. The molecule has 4 aliphatic rings. The average molecular weight is 881 g/mol. The van der Waals surface area contributed by atoms with Crippen molar-refractivity contribution in [3.63, 3.8) is 0 Å². The molecule has 340 valence electrons. The maximum atomic E-state index is 14.2. The second-order valence-electron chi connectivity index (χ2n) is 20.2. The third kappa shape index (κ3) is 9.34. The van der Waals surface area contributed by atoms with Gasteiger partial charge in [-0.2, -0.15) is 0 Å². The van der Waals surface area contributed by atoms with Crippen molar-refractivity contribution in [2.24, 2.45) is 23.2 Å². The summed E-state index contributed by atoms with van der Waals surface area (Å²) in [7, 11) is 4.19. The Labute approximate surface area is 376 Å². The van der Waals surface area contributed by atoms with Crippen molar-refractivity contribution >= 4 is 40.0 Å². The van der Waals surface area contributed by atoms with Gasteiger partial charge < -0.3 is 29.5 Å². The van der Waals surface area contributed by atoms with E-state index in [1.807, 2.05) is 11.6 Å². The van der Waals surface area contributed by atoms with Crippen LogP contribution in [-0.2, 0) is 44.1 Å². The standard InChI is InChI=1S/C49H68N8O5S/c1-10-56-40-14-13-32-22-34(40)36(44(56)35-23-33(26-50-43(35)29(2)3)49(61)15-18-55(19-16-49)21-20-54(8)9)25-48(6,7)28-62-47(60)37-12-11-17-57(53-37)46(59)38(24-41-51-39(32)27-63-41)52-45(58)42-30(4)31(42)5/h13-14,22-23,26-27,29-31,37-38,42,53,61H,10-12,15-21,24-25,28H2,1-9H3,(H,52,58)/t30-,31+,37-,38-,42?/m0/s1. The summed E-state index contributed by atoms with van der Waals surface area (Å²) in [6.45, 7) is 19.8. The highest BCUT2D eigenvalue weighted by molar-refractivity contribution is 7.10. The molecular weight excluding hydrogens is 813 g/mol. The first-order valence-electron chi connectivity index (χ1n) is 23.2. The zero-order valence-corrected chi connectivity index (χ0v) is 39.6. The number of carbonyl (C=O) groups excluding carboxylic acids is 3. The van der Waals surface area contributed by atoms with Gasteiger partial charge in [-0.05, 0) is 94.6 Å². The number of hydrogen-bond donors (Lipinski definition) is 3. The number of esters is 1. The van der Waals surface area contributed by atoms with Crippen LogP contribution in [0.25, 0.3) is 33.4 Å². The van der Waals surface area contributed by atoms with Crippen LogP contribution in [0, 0.1) is 23.2 Å². The lowest BCUT2D eigenvalue weighted by Gasteiger charge is -2.39. The number of aliphatic hydroxyl groups is 1. The molecule has 3 aromatic heterocycles. The SMILES string of the molecule is CCn1c(-c2cc(C3(O)CCN(CCN(C)C)CC3)cnc2C(C)C)c2c3cc(ccc31)-c1csc(n1)C[C@H](NC(=O)C1[C@@H](C)[C@H]1C)C(=O)N1CCC[C@H](N1)C(=O)OCC(C)(C)C2. The summed E-state index contributed by atoms with van der Waals surface area (Å²) in [5, 5.41) is 20.8. The number of thiazole rings is 1. The maximum Gasteiger partial charge on any atom is 0.324 e. The Bertz CT molecular complexity index is 2340. The van der Waals surface area contributed by atoms with Crippen molar-refractivity contribution in [1.29, 1.82) is 0 Å². The molecule has 14 heteroatoms. The van der Waals surface area contributed by atoms with Gasteiger partial charge in [-0.15, -0.1) is 11.3 Å². The van der Waals surface area contributed by atoms with Gasteiger partial charge in [0, 0.05) is 96.2 Å². The summed E-state index contributed by atoms with van der Waals surface area (Å²) < 4.78 is 8.55. The zero-order chi connectivity index (χ0) is 45.0. The number of aryl methyl sites for hydroxylation is 1. The Kier molecular flexibility index (Phi) is 13.0. The summed E-state index contributed by atoms with van der Waals surface area (Å²) in [5.74, 6) is -0.292. The molecule has 5 atom stereocenters. The summed E-state index contributed by atoms with van der Waals surface area (Å²) in [6.07, 6.45) is 5.16. The summed E-state index contributed by atoms with van der Waals surface area (Å²) >= 11 is 1.49. The Hall–Kier alpha value is -4.21. The average Bonchev–Trinajstić information content (AvgIpc) is 3.52. The Morgan fingerprint density at radius 3 is 2.54 bits per heavy atom. The molecule has 3 aliphatic heterocycles. The number of likely N-dealkylation sites (N-methyl/N-ethyl adjacent to an activating group) is 1. The highest BCUT2D eigenvalue weighted by atomic mass is 32.1. The van der Waals surface area contributed by atoms with Crippen molar-refractivity contribution in [3.05, 3.63) is 57.7 Å². The van der Waals surface area contributed by atoms with Gasteiger partial charge in [0.25, 0.3) is 5.91 Å². The number of fused-ring (bicyclic) bond motifs is 6. The monoisotopic (exact) mass is 881 g/mol. The fourth-order valence-electron chi connectivity index (χ4n) is 10.1. The van der Waals surface area contributed by atoms with Gasteiger partial charge in [0.1, 0.15) is 12.1 Å². The number of pyridine rings is 1. The molecule has 13 nitrogen and oxygen atoms in total. The number of cyclic esters (lactones) is 1. The van der Waals surface area contributed by atoms with Gasteiger partial charge in [0.15, 0.2) is 0 Å². The lowest BCUT2D eigenvalue weighted by Crippen LogP contribution is -2.60. The summed E-state index contributed by atoms with van der Waals surface area (Å²) in [5.41, 5.74) is 9.59. The van der Waals surface area contributed by atoms with Crippen LogP contribution in [0.15, 0.2) is 35.8 Å². The van der Waals surface area contributed by atoms with Crippen LogP contribution in [0.2, 0.25) is 0 Å². The normalized spacial score (nSPS) is 25.3. The molecule has 1 saturated carbocycles. The molecule has 2 amide bonds. The number of benzene rings is 1. The number of carbonyl (C=O) groups is 3. The van der Waals surface area contributed by atoms with Gasteiger partial charge in [-0.1, -0.05) is 47.6 Å². The number of likely N-dealkylation sites (tertiary alicyclic amines) is 1. The number of amides is 2. The molecule has 0 spiro atoms. The zero-order valence-electron chi connectivity index (χ0n) is 38.8. The van der Waals surface area contributed by atoms with Crippen molar-refractivity contribution in [1.82, 2.24) is 40.1 Å². The predicted octanol–water partition coefficient (Wildman–Crippen LogP) is 6.37. The minimum Gasteiger partial charge on any atom is -0.464 e.